The number of carbonyl (C=O) groups excluding carboxylic acids is 1. The first-order valence-electron chi connectivity index (χ1n) is 11.4. The molecule has 0 saturated carbocycles. The first-order valence-corrected chi connectivity index (χ1v) is 12.2. The second kappa shape index (κ2) is 11.8. The van der Waals surface area contributed by atoms with Crippen LogP contribution in [0.5, 0.6) is 5.75 Å². The number of amides is 1. The van der Waals surface area contributed by atoms with Gasteiger partial charge >= 0.3 is 0 Å². The second-order valence-corrected chi connectivity index (χ2v) is 9.13. The summed E-state index contributed by atoms with van der Waals surface area (Å²) < 4.78 is 5.71. The number of para-hydroxylation sites is 1. The number of nitriles is 1. The standard InChI is InChI=1S/C27H22Cl2N4O4/c28-24-15-20(16-25(29)26(24)37-18-19-5-4-8-23(14-19)33(35)36)13-21(17-30)27(34)32-11-9-31(10-12-32)22-6-2-1-3-7-22/h1-8,13-16H,9-12,18H2/b21-13-. The van der Waals surface area contributed by atoms with E-state index >= 15 is 0 Å². The summed E-state index contributed by atoms with van der Waals surface area (Å²) in [6.07, 6.45) is 1.45. The molecule has 0 aliphatic carbocycles. The van der Waals surface area contributed by atoms with E-state index in [4.69, 9.17) is 27.9 Å². The summed E-state index contributed by atoms with van der Waals surface area (Å²) in [4.78, 5) is 27.4. The maximum absolute atomic E-state index is 13.0. The van der Waals surface area contributed by atoms with Gasteiger partial charge in [0.2, 0.25) is 0 Å². The molecule has 188 valence electrons. The van der Waals surface area contributed by atoms with Crippen LogP contribution in [-0.2, 0) is 11.4 Å². The molecule has 3 aromatic carbocycles. The van der Waals surface area contributed by atoms with E-state index in [0.717, 1.165) is 5.69 Å². The van der Waals surface area contributed by atoms with Gasteiger partial charge in [0.15, 0.2) is 5.75 Å². The third-order valence-electron chi connectivity index (χ3n) is 5.88. The predicted molar refractivity (Wildman–Crippen MR) is 143 cm³/mol. The molecule has 1 amide bonds. The number of non-ortho nitro benzene ring substituents is 1. The molecule has 0 atom stereocenters. The average Bonchev–Trinajstić information content (AvgIpc) is 2.91. The predicted octanol–water partition coefficient (Wildman–Crippen LogP) is 5.74. The zero-order valence-corrected chi connectivity index (χ0v) is 21.2. The van der Waals surface area contributed by atoms with E-state index in [1.165, 1.54) is 18.2 Å². The molecule has 0 N–H and O–H groups in total. The van der Waals surface area contributed by atoms with Gasteiger partial charge in [-0.3, -0.25) is 14.9 Å². The van der Waals surface area contributed by atoms with Gasteiger partial charge in [0.25, 0.3) is 11.6 Å². The Morgan fingerprint density at radius 1 is 1.03 bits per heavy atom. The number of nitrogens with zero attached hydrogens (tertiary/aromatic N) is 4. The Balaban J connectivity index is 1.43. The first-order chi connectivity index (χ1) is 17.9. The minimum absolute atomic E-state index is 0.0210. The molecule has 0 bridgehead atoms. The quantitative estimate of drug-likeness (QED) is 0.165. The lowest BCUT2D eigenvalue weighted by atomic mass is 10.1. The van der Waals surface area contributed by atoms with Gasteiger partial charge in [0, 0.05) is 44.0 Å². The lowest BCUT2D eigenvalue weighted by Crippen LogP contribution is -2.49. The van der Waals surface area contributed by atoms with E-state index in [9.17, 15) is 20.2 Å². The van der Waals surface area contributed by atoms with Crippen molar-refractivity contribution in [3.05, 3.63) is 104 Å². The molecule has 37 heavy (non-hydrogen) atoms. The molecule has 1 heterocycles. The Hall–Kier alpha value is -4.06. The minimum atomic E-state index is -0.484. The summed E-state index contributed by atoms with van der Waals surface area (Å²) in [6.45, 7) is 2.36. The lowest BCUT2D eigenvalue weighted by molar-refractivity contribution is -0.384. The molecular formula is C27H22Cl2N4O4. The number of ether oxygens (including phenoxy) is 1. The molecule has 1 aliphatic heterocycles. The highest BCUT2D eigenvalue weighted by atomic mass is 35.5. The van der Waals surface area contributed by atoms with Crippen LogP contribution >= 0.6 is 23.2 Å². The molecule has 1 fully saturated rings. The zero-order chi connectivity index (χ0) is 26.4. The topological polar surface area (TPSA) is 99.7 Å². The van der Waals surface area contributed by atoms with Crippen LogP contribution in [0.3, 0.4) is 0 Å². The van der Waals surface area contributed by atoms with Crippen LogP contribution in [0.1, 0.15) is 11.1 Å². The number of nitro groups is 1. The highest BCUT2D eigenvalue weighted by Crippen LogP contribution is 2.35. The lowest BCUT2D eigenvalue weighted by Gasteiger charge is -2.36. The van der Waals surface area contributed by atoms with Crippen molar-refractivity contribution in [2.24, 2.45) is 0 Å². The number of piperazine rings is 1. The fourth-order valence-electron chi connectivity index (χ4n) is 4.00. The number of carbonyl (C=O) groups is 1. The van der Waals surface area contributed by atoms with E-state index in [1.54, 1.807) is 29.2 Å². The van der Waals surface area contributed by atoms with Gasteiger partial charge in [-0.05, 0) is 41.5 Å². The fraction of sp³-hybridized carbons (Fsp3) is 0.185. The van der Waals surface area contributed by atoms with Crippen molar-refractivity contribution in [2.75, 3.05) is 31.1 Å². The van der Waals surface area contributed by atoms with Crippen LogP contribution < -0.4 is 9.64 Å². The molecular weight excluding hydrogens is 515 g/mol. The first kappa shape index (κ1) is 26.0. The van der Waals surface area contributed by atoms with Crippen molar-refractivity contribution in [3.63, 3.8) is 0 Å². The Labute approximate surface area is 224 Å². The summed E-state index contributed by atoms with van der Waals surface area (Å²) in [5, 5.41) is 21.0. The summed E-state index contributed by atoms with van der Waals surface area (Å²) in [5.41, 5.74) is 2.09. The second-order valence-electron chi connectivity index (χ2n) is 8.31. The maximum Gasteiger partial charge on any atom is 0.269 e. The minimum Gasteiger partial charge on any atom is -0.486 e. The van der Waals surface area contributed by atoms with Gasteiger partial charge < -0.3 is 14.5 Å². The third kappa shape index (κ3) is 6.39. The SMILES string of the molecule is N#C/C(=C/c1cc(Cl)c(OCc2cccc([N+](=O)[O-])c2)c(Cl)c1)C(=O)N1CCN(c2ccccc2)CC1. The van der Waals surface area contributed by atoms with Crippen LogP contribution in [0.2, 0.25) is 10.0 Å². The number of halogens is 2. The van der Waals surface area contributed by atoms with Crippen LogP contribution in [0, 0.1) is 21.4 Å². The van der Waals surface area contributed by atoms with Crippen LogP contribution in [-0.4, -0.2) is 41.9 Å². The number of nitro benzene ring substituents is 1. The van der Waals surface area contributed by atoms with Crippen LogP contribution in [0.4, 0.5) is 11.4 Å². The largest absolute Gasteiger partial charge is 0.486 e. The molecule has 4 rings (SSSR count). The van der Waals surface area contributed by atoms with Gasteiger partial charge in [-0.1, -0.05) is 53.5 Å². The Bertz CT molecular complexity index is 1360. The fourth-order valence-corrected chi connectivity index (χ4v) is 4.61. The van der Waals surface area contributed by atoms with Crippen LogP contribution in [0.25, 0.3) is 6.08 Å². The van der Waals surface area contributed by atoms with Gasteiger partial charge in [-0.2, -0.15) is 5.26 Å². The highest BCUT2D eigenvalue weighted by Gasteiger charge is 2.24. The van der Waals surface area contributed by atoms with E-state index < -0.39 is 4.92 Å². The van der Waals surface area contributed by atoms with E-state index in [1.807, 2.05) is 36.4 Å². The van der Waals surface area contributed by atoms with Gasteiger partial charge in [0.05, 0.1) is 15.0 Å². The number of anilines is 1. The zero-order valence-electron chi connectivity index (χ0n) is 19.6. The molecule has 0 aromatic heterocycles. The summed E-state index contributed by atoms with van der Waals surface area (Å²) >= 11 is 12.8. The molecule has 0 radical (unpaired) electrons. The molecule has 8 nitrogen and oxygen atoms in total. The summed E-state index contributed by atoms with van der Waals surface area (Å²) in [5.74, 6) is -0.151. The number of rotatable bonds is 7. The third-order valence-corrected chi connectivity index (χ3v) is 6.44. The Morgan fingerprint density at radius 3 is 2.32 bits per heavy atom. The molecule has 0 unspecified atom stereocenters. The normalized spacial score (nSPS) is 13.7. The molecule has 3 aromatic rings. The van der Waals surface area contributed by atoms with Crippen molar-refractivity contribution in [1.29, 1.82) is 5.26 Å². The molecule has 0 spiro atoms. The van der Waals surface area contributed by atoms with Gasteiger partial charge in [0.1, 0.15) is 18.2 Å². The van der Waals surface area contributed by atoms with Crippen molar-refractivity contribution < 1.29 is 14.5 Å². The summed E-state index contributed by atoms with van der Waals surface area (Å²) in [7, 11) is 0. The molecule has 1 saturated heterocycles. The van der Waals surface area contributed by atoms with E-state index in [2.05, 4.69) is 4.90 Å². The number of hydrogen-bond donors (Lipinski definition) is 0. The average molecular weight is 537 g/mol. The maximum atomic E-state index is 13.0. The summed E-state index contributed by atoms with van der Waals surface area (Å²) in [6, 6.07) is 21.1. The molecule has 10 heteroatoms. The molecule has 1 aliphatic rings. The Kier molecular flexibility index (Phi) is 8.29. The smallest absolute Gasteiger partial charge is 0.269 e. The van der Waals surface area contributed by atoms with Crippen molar-refractivity contribution >= 4 is 46.6 Å². The van der Waals surface area contributed by atoms with E-state index in [-0.39, 0.29) is 39.6 Å². The van der Waals surface area contributed by atoms with Crippen molar-refractivity contribution in [1.82, 2.24) is 4.90 Å². The van der Waals surface area contributed by atoms with Gasteiger partial charge in [-0.25, -0.2) is 0 Å². The van der Waals surface area contributed by atoms with Crippen molar-refractivity contribution in [2.45, 2.75) is 6.61 Å². The number of hydrogen-bond acceptors (Lipinski definition) is 6. The van der Waals surface area contributed by atoms with Crippen molar-refractivity contribution in [3.8, 4) is 11.8 Å². The highest BCUT2D eigenvalue weighted by molar-refractivity contribution is 6.37. The van der Waals surface area contributed by atoms with Gasteiger partial charge in [-0.15, -0.1) is 0 Å². The van der Waals surface area contributed by atoms with Crippen LogP contribution in [0.15, 0.2) is 72.3 Å². The number of benzene rings is 3. The van der Waals surface area contributed by atoms with E-state index in [0.29, 0.717) is 37.3 Å². The Morgan fingerprint density at radius 2 is 1.70 bits per heavy atom. The monoisotopic (exact) mass is 536 g/mol.